The van der Waals surface area contributed by atoms with Crippen LogP contribution in [-0.2, 0) is 4.79 Å². The van der Waals surface area contributed by atoms with Gasteiger partial charge in [-0.15, -0.1) is 0 Å². The van der Waals surface area contributed by atoms with Gasteiger partial charge in [-0.1, -0.05) is 6.92 Å². The van der Waals surface area contributed by atoms with E-state index in [4.69, 9.17) is 5.73 Å². The number of hydrogen-bond acceptors (Lipinski definition) is 4. The van der Waals surface area contributed by atoms with Gasteiger partial charge in [0.05, 0.1) is 17.9 Å². The summed E-state index contributed by atoms with van der Waals surface area (Å²) in [4.78, 5) is 27.4. The smallest absolute Gasteiger partial charge is 0.254 e. The van der Waals surface area contributed by atoms with Crippen molar-refractivity contribution in [2.24, 2.45) is 0 Å². The van der Waals surface area contributed by atoms with E-state index in [1.165, 1.54) is 4.90 Å². The molecule has 0 radical (unpaired) electrons. The Bertz CT molecular complexity index is 514. The van der Waals surface area contributed by atoms with Gasteiger partial charge in [-0.2, -0.15) is 0 Å². The zero-order valence-corrected chi connectivity index (χ0v) is 13.1. The molecule has 116 valence electrons. The van der Waals surface area contributed by atoms with Gasteiger partial charge in [-0.05, 0) is 24.6 Å². The molecule has 0 saturated heterocycles. The van der Waals surface area contributed by atoms with Crippen molar-refractivity contribution in [1.29, 1.82) is 0 Å². The molecule has 2 amide bonds. The number of hydrogen-bond donors (Lipinski definition) is 2. The van der Waals surface area contributed by atoms with Crippen LogP contribution in [0.25, 0.3) is 0 Å². The van der Waals surface area contributed by atoms with Crippen molar-refractivity contribution in [2.45, 2.75) is 13.3 Å². The Kier molecular flexibility index (Phi) is 6.02. The second kappa shape index (κ2) is 7.52. The van der Waals surface area contributed by atoms with Gasteiger partial charge in [0, 0.05) is 33.3 Å². The first kappa shape index (κ1) is 16.8. The minimum absolute atomic E-state index is 0.0541. The first-order valence-electron chi connectivity index (χ1n) is 6.97. The lowest BCUT2D eigenvalue weighted by Gasteiger charge is -2.22. The van der Waals surface area contributed by atoms with Gasteiger partial charge in [0.25, 0.3) is 5.91 Å². The zero-order chi connectivity index (χ0) is 16.0. The van der Waals surface area contributed by atoms with Crippen molar-refractivity contribution in [2.75, 3.05) is 44.9 Å². The molecule has 0 aromatic heterocycles. The summed E-state index contributed by atoms with van der Waals surface area (Å²) < 4.78 is 0. The van der Waals surface area contributed by atoms with Crippen molar-refractivity contribution in [3.63, 3.8) is 0 Å². The minimum atomic E-state index is -0.185. The topological polar surface area (TPSA) is 78.7 Å². The van der Waals surface area contributed by atoms with Crippen LogP contribution in [0.15, 0.2) is 18.2 Å². The molecule has 0 aliphatic rings. The fourth-order valence-corrected chi connectivity index (χ4v) is 2.05. The van der Waals surface area contributed by atoms with Crippen LogP contribution in [0.5, 0.6) is 0 Å². The van der Waals surface area contributed by atoms with E-state index >= 15 is 0 Å². The molecule has 21 heavy (non-hydrogen) atoms. The minimum Gasteiger partial charge on any atom is -0.397 e. The highest BCUT2D eigenvalue weighted by Gasteiger charge is 2.18. The van der Waals surface area contributed by atoms with Crippen molar-refractivity contribution in [3.05, 3.63) is 23.8 Å². The van der Waals surface area contributed by atoms with E-state index in [1.807, 2.05) is 32.0 Å². The van der Waals surface area contributed by atoms with Crippen molar-refractivity contribution >= 4 is 23.2 Å². The summed E-state index contributed by atoms with van der Waals surface area (Å²) >= 11 is 0. The second-order valence-corrected chi connectivity index (χ2v) is 5.07. The molecule has 0 unspecified atom stereocenters. The van der Waals surface area contributed by atoms with E-state index in [2.05, 4.69) is 5.32 Å². The number of benzene rings is 1. The van der Waals surface area contributed by atoms with Gasteiger partial charge in [0.15, 0.2) is 0 Å². The van der Waals surface area contributed by atoms with Crippen LogP contribution in [0.1, 0.15) is 23.7 Å². The maximum atomic E-state index is 12.5. The van der Waals surface area contributed by atoms with Gasteiger partial charge in [-0.25, -0.2) is 0 Å². The highest BCUT2D eigenvalue weighted by Crippen LogP contribution is 2.23. The third kappa shape index (κ3) is 4.37. The standard InChI is InChI=1S/C15H24N4O2/c1-5-8-19(10-14(20)17-2)15(21)11-6-7-13(18(3)4)12(16)9-11/h6-7,9H,5,8,10,16H2,1-4H3,(H,17,20). The Labute approximate surface area is 125 Å². The number of carbonyl (C=O) groups excluding carboxylic acids is 2. The Morgan fingerprint density at radius 1 is 1.29 bits per heavy atom. The van der Waals surface area contributed by atoms with Gasteiger partial charge < -0.3 is 20.9 Å². The van der Waals surface area contributed by atoms with Crippen LogP contribution in [0.4, 0.5) is 11.4 Å². The quantitative estimate of drug-likeness (QED) is 0.765. The molecule has 1 aromatic carbocycles. The molecule has 1 rings (SSSR count). The fraction of sp³-hybridized carbons (Fsp3) is 0.467. The van der Waals surface area contributed by atoms with E-state index in [0.717, 1.165) is 12.1 Å². The molecule has 0 aliphatic heterocycles. The van der Waals surface area contributed by atoms with Crippen LogP contribution in [0.3, 0.4) is 0 Å². The van der Waals surface area contributed by atoms with Gasteiger partial charge in [-0.3, -0.25) is 9.59 Å². The predicted octanol–water partition coefficient (Wildman–Crippen LogP) is 0.933. The molecule has 3 N–H and O–H groups in total. The number of likely N-dealkylation sites (N-methyl/N-ethyl adjacent to an activating group) is 1. The van der Waals surface area contributed by atoms with Crippen LogP contribution in [0.2, 0.25) is 0 Å². The Balaban J connectivity index is 2.98. The number of nitrogens with one attached hydrogen (secondary N) is 1. The molecule has 0 spiro atoms. The molecule has 0 saturated carbocycles. The first-order chi connectivity index (χ1) is 9.90. The average molecular weight is 292 g/mol. The van der Waals surface area contributed by atoms with Crippen molar-refractivity contribution in [3.8, 4) is 0 Å². The summed E-state index contributed by atoms with van der Waals surface area (Å²) in [5, 5.41) is 2.53. The lowest BCUT2D eigenvalue weighted by molar-refractivity contribution is -0.121. The first-order valence-corrected chi connectivity index (χ1v) is 6.97. The number of nitrogen functional groups attached to an aromatic ring is 1. The largest absolute Gasteiger partial charge is 0.397 e. The van der Waals surface area contributed by atoms with E-state index in [1.54, 1.807) is 19.2 Å². The molecule has 0 aliphatic carbocycles. The number of rotatable bonds is 6. The monoisotopic (exact) mass is 292 g/mol. The third-order valence-corrected chi connectivity index (χ3v) is 3.15. The molecule has 0 heterocycles. The summed E-state index contributed by atoms with van der Waals surface area (Å²) in [5.41, 5.74) is 7.87. The lowest BCUT2D eigenvalue weighted by atomic mass is 10.1. The summed E-state index contributed by atoms with van der Waals surface area (Å²) in [5.74, 6) is -0.368. The Hall–Kier alpha value is -2.24. The predicted molar refractivity (Wildman–Crippen MR) is 85.4 cm³/mol. The average Bonchev–Trinajstić information content (AvgIpc) is 2.45. The molecule has 6 heteroatoms. The summed E-state index contributed by atoms with van der Waals surface area (Å²) in [7, 11) is 5.34. The SMILES string of the molecule is CCCN(CC(=O)NC)C(=O)c1ccc(N(C)C)c(N)c1. The summed E-state index contributed by atoms with van der Waals surface area (Å²) in [6, 6.07) is 5.21. The molecule has 0 atom stereocenters. The van der Waals surface area contributed by atoms with Gasteiger partial charge in [0.2, 0.25) is 5.91 Å². The molecular formula is C15H24N4O2. The Morgan fingerprint density at radius 3 is 2.43 bits per heavy atom. The number of anilines is 2. The van der Waals surface area contributed by atoms with E-state index in [0.29, 0.717) is 17.8 Å². The lowest BCUT2D eigenvalue weighted by Crippen LogP contribution is -2.40. The third-order valence-electron chi connectivity index (χ3n) is 3.15. The van der Waals surface area contributed by atoms with Gasteiger partial charge >= 0.3 is 0 Å². The highest BCUT2D eigenvalue weighted by atomic mass is 16.2. The molecule has 0 fully saturated rings. The number of nitrogens with two attached hydrogens (primary N) is 1. The van der Waals surface area contributed by atoms with Crippen LogP contribution < -0.4 is 16.0 Å². The van der Waals surface area contributed by atoms with Crippen molar-refractivity contribution in [1.82, 2.24) is 10.2 Å². The van der Waals surface area contributed by atoms with E-state index < -0.39 is 0 Å². The molecule has 1 aromatic rings. The number of amides is 2. The second-order valence-electron chi connectivity index (χ2n) is 5.07. The molecule has 0 bridgehead atoms. The van der Waals surface area contributed by atoms with Crippen LogP contribution in [0, 0.1) is 0 Å². The number of carbonyl (C=O) groups is 2. The maximum absolute atomic E-state index is 12.5. The van der Waals surface area contributed by atoms with Crippen LogP contribution in [-0.4, -0.2) is 50.9 Å². The molecular weight excluding hydrogens is 268 g/mol. The Morgan fingerprint density at radius 2 is 1.95 bits per heavy atom. The highest BCUT2D eigenvalue weighted by molar-refractivity contribution is 5.98. The van der Waals surface area contributed by atoms with Gasteiger partial charge in [0.1, 0.15) is 0 Å². The normalized spacial score (nSPS) is 10.1. The fourth-order valence-electron chi connectivity index (χ4n) is 2.05. The van der Waals surface area contributed by atoms with Crippen molar-refractivity contribution < 1.29 is 9.59 Å². The van der Waals surface area contributed by atoms with E-state index in [-0.39, 0.29) is 18.4 Å². The summed E-state index contributed by atoms with van der Waals surface area (Å²) in [6.07, 6.45) is 0.786. The zero-order valence-electron chi connectivity index (χ0n) is 13.1. The van der Waals surface area contributed by atoms with E-state index in [9.17, 15) is 9.59 Å². The summed E-state index contributed by atoms with van der Waals surface area (Å²) in [6.45, 7) is 2.55. The van der Waals surface area contributed by atoms with Crippen LogP contribution >= 0.6 is 0 Å². The number of nitrogens with zero attached hydrogens (tertiary/aromatic N) is 2. The molecule has 6 nitrogen and oxygen atoms in total. The maximum Gasteiger partial charge on any atom is 0.254 e.